The largest absolute Gasteiger partial charge is 0.370 e. The lowest BCUT2D eigenvalue weighted by Crippen LogP contribution is -1.97. The van der Waals surface area contributed by atoms with Crippen molar-refractivity contribution in [2.75, 3.05) is 12.5 Å². The van der Waals surface area contributed by atoms with E-state index in [4.69, 9.17) is 10.5 Å². The molecule has 82 valence electrons. The molecule has 0 heterocycles. The highest BCUT2D eigenvalue weighted by molar-refractivity contribution is 7.99. The summed E-state index contributed by atoms with van der Waals surface area (Å²) in [6.45, 7) is 1.54. The Hall–Kier alpha value is -0.510. The zero-order valence-corrected chi connectivity index (χ0v) is 9.63. The lowest BCUT2D eigenvalue weighted by molar-refractivity contribution is 0.171. The van der Waals surface area contributed by atoms with Crippen LogP contribution >= 0.6 is 11.8 Å². The van der Waals surface area contributed by atoms with Gasteiger partial charge >= 0.3 is 0 Å². The number of nitrogens with two attached hydrogens (primary N) is 1. The molecule has 0 spiro atoms. The zero-order valence-electron chi connectivity index (χ0n) is 8.82. The molecule has 0 saturated heterocycles. The van der Waals surface area contributed by atoms with Gasteiger partial charge < -0.3 is 10.5 Å². The van der Waals surface area contributed by atoms with E-state index < -0.39 is 0 Å². The second-order valence-corrected chi connectivity index (χ2v) is 4.92. The Morgan fingerprint density at radius 2 is 2.27 bits per heavy atom. The third-order valence-electron chi connectivity index (χ3n) is 2.49. The van der Waals surface area contributed by atoms with E-state index >= 15 is 0 Å². The molecule has 0 aliphatic heterocycles. The van der Waals surface area contributed by atoms with Crippen LogP contribution < -0.4 is 5.73 Å². The third-order valence-corrected chi connectivity index (χ3v) is 3.37. The molecule has 15 heavy (non-hydrogen) atoms. The summed E-state index contributed by atoms with van der Waals surface area (Å²) in [5.74, 6) is 1.60. The fourth-order valence-electron chi connectivity index (χ4n) is 1.37. The van der Waals surface area contributed by atoms with Crippen molar-refractivity contribution in [2.45, 2.75) is 24.3 Å². The monoisotopic (exact) mass is 223 g/mol. The molecule has 2 N–H and O–H groups in total. The molecule has 0 atom stereocenters. The maximum absolute atomic E-state index is 5.58. The van der Waals surface area contributed by atoms with Crippen LogP contribution in [0.2, 0.25) is 0 Å². The minimum absolute atomic E-state index is 0.608. The highest BCUT2D eigenvalue weighted by atomic mass is 32.2. The van der Waals surface area contributed by atoms with Crippen molar-refractivity contribution in [1.82, 2.24) is 0 Å². The van der Waals surface area contributed by atoms with Crippen LogP contribution in [0.3, 0.4) is 0 Å². The van der Waals surface area contributed by atoms with Crippen molar-refractivity contribution in [1.29, 1.82) is 0 Å². The van der Waals surface area contributed by atoms with Gasteiger partial charge in [-0.2, -0.15) is 0 Å². The van der Waals surface area contributed by atoms with Gasteiger partial charge in [0.2, 0.25) is 0 Å². The van der Waals surface area contributed by atoms with Gasteiger partial charge in [0.1, 0.15) is 0 Å². The van der Waals surface area contributed by atoms with E-state index in [9.17, 15) is 0 Å². The fraction of sp³-hybridized carbons (Fsp3) is 0.500. The van der Waals surface area contributed by atoms with Crippen molar-refractivity contribution in [3.8, 4) is 0 Å². The second-order valence-electron chi connectivity index (χ2n) is 3.93. The average molecular weight is 223 g/mol. The Morgan fingerprint density at radius 3 is 3.00 bits per heavy atom. The number of hydrogen-bond donors (Lipinski definition) is 1. The number of benzene rings is 1. The molecule has 1 saturated carbocycles. The molecule has 0 amide bonds. The molecule has 0 radical (unpaired) electrons. The summed E-state index contributed by atoms with van der Waals surface area (Å²) in [5.41, 5.74) is 6.76. The summed E-state index contributed by atoms with van der Waals surface area (Å²) in [4.78, 5) is 1.24. The van der Waals surface area contributed by atoms with E-state index in [2.05, 4.69) is 18.2 Å². The first-order valence-electron chi connectivity index (χ1n) is 5.38. The summed E-state index contributed by atoms with van der Waals surface area (Å²) in [6.07, 6.45) is 2.71. The topological polar surface area (TPSA) is 35.2 Å². The number of hydrogen-bond acceptors (Lipinski definition) is 3. The average Bonchev–Trinajstić information content (AvgIpc) is 3.09. The standard InChI is InChI=1S/C12H17NOS/c13-7-11-2-1-3-12(6-11)15-9-14-8-10-4-5-10/h1-3,6,10H,4-5,7-9,13H2. The number of ether oxygens (including phenoxy) is 1. The Labute approximate surface area is 95.2 Å². The van der Waals surface area contributed by atoms with Crippen molar-refractivity contribution in [3.05, 3.63) is 29.8 Å². The van der Waals surface area contributed by atoms with Gasteiger partial charge in [0.05, 0.1) is 12.5 Å². The van der Waals surface area contributed by atoms with Gasteiger partial charge in [0.15, 0.2) is 0 Å². The van der Waals surface area contributed by atoms with E-state index in [0.29, 0.717) is 6.54 Å². The van der Waals surface area contributed by atoms with E-state index in [-0.39, 0.29) is 0 Å². The lowest BCUT2D eigenvalue weighted by Gasteiger charge is -2.04. The van der Waals surface area contributed by atoms with Crippen LogP contribution in [0, 0.1) is 5.92 Å². The molecule has 0 unspecified atom stereocenters. The molecule has 1 fully saturated rings. The first-order chi connectivity index (χ1) is 7.38. The maximum atomic E-state index is 5.58. The SMILES string of the molecule is NCc1cccc(SCOCC2CC2)c1. The predicted octanol–water partition coefficient (Wildman–Crippen LogP) is 2.62. The van der Waals surface area contributed by atoms with Crippen molar-refractivity contribution < 1.29 is 4.74 Å². The van der Waals surface area contributed by atoms with Crippen LogP contribution in [-0.4, -0.2) is 12.5 Å². The van der Waals surface area contributed by atoms with E-state index in [1.54, 1.807) is 11.8 Å². The van der Waals surface area contributed by atoms with Crippen LogP contribution in [0.1, 0.15) is 18.4 Å². The maximum Gasteiger partial charge on any atom is 0.0967 e. The minimum Gasteiger partial charge on any atom is -0.370 e. The van der Waals surface area contributed by atoms with E-state index in [0.717, 1.165) is 18.5 Å². The summed E-state index contributed by atoms with van der Waals surface area (Å²) in [7, 11) is 0. The molecule has 2 nitrogen and oxygen atoms in total. The van der Waals surface area contributed by atoms with E-state index in [1.807, 2.05) is 6.07 Å². The Balaban J connectivity index is 1.71. The fourth-order valence-corrected chi connectivity index (χ4v) is 2.10. The third kappa shape index (κ3) is 3.86. The normalized spacial score (nSPS) is 15.5. The molecule has 0 bridgehead atoms. The Morgan fingerprint density at radius 1 is 1.40 bits per heavy atom. The van der Waals surface area contributed by atoms with Crippen LogP contribution in [0.4, 0.5) is 0 Å². The zero-order chi connectivity index (χ0) is 10.5. The van der Waals surface area contributed by atoms with Crippen molar-refractivity contribution >= 4 is 11.8 Å². The van der Waals surface area contributed by atoms with Gasteiger partial charge in [-0.1, -0.05) is 23.9 Å². The molecule has 3 heteroatoms. The summed E-state index contributed by atoms with van der Waals surface area (Å²) >= 11 is 1.74. The van der Waals surface area contributed by atoms with Gasteiger partial charge in [0, 0.05) is 11.4 Å². The molecular formula is C12H17NOS. The summed E-state index contributed by atoms with van der Waals surface area (Å²) < 4.78 is 5.57. The predicted molar refractivity (Wildman–Crippen MR) is 63.7 cm³/mol. The van der Waals surface area contributed by atoms with Gasteiger partial charge in [-0.15, -0.1) is 0 Å². The smallest absolute Gasteiger partial charge is 0.0967 e. The van der Waals surface area contributed by atoms with Crippen LogP contribution in [0.5, 0.6) is 0 Å². The molecule has 1 aliphatic rings. The van der Waals surface area contributed by atoms with Crippen molar-refractivity contribution in [2.24, 2.45) is 11.7 Å². The minimum atomic E-state index is 0.608. The molecule has 2 rings (SSSR count). The van der Waals surface area contributed by atoms with Crippen LogP contribution in [0.15, 0.2) is 29.2 Å². The van der Waals surface area contributed by atoms with Crippen LogP contribution in [0.25, 0.3) is 0 Å². The first kappa shape index (κ1) is 11.0. The Kier molecular flexibility index (Phi) is 4.06. The summed E-state index contributed by atoms with van der Waals surface area (Å²) in [5, 5.41) is 0. The molecule has 1 aliphatic carbocycles. The van der Waals surface area contributed by atoms with Gasteiger partial charge in [-0.25, -0.2) is 0 Å². The van der Waals surface area contributed by atoms with Gasteiger partial charge in [-0.05, 0) is 36.5 Å². The van der Waals surface area contributed by atoms with E-state index in [1.165, 1.54) is 23.3 Å². The summed E-state index contributed by atoms with van der Waals surface area (Å²) in [6, 6.07) is 8.33. The molecule has 1 aromatic carbocycles. The van der Waals surface area contributed by atoms with Gasteiger partial charge in [-0.3, -0.25) is 0 Å². The van der Waals surface area contributed by atoms with Crippen molar-refractivity contribution in [3.63, 3.8) is 0 Å². The van der Waals surface area contributed by atoms with Gasteiger partial charge in [0.25, 0.3) is 0 Å². The second kappa shape index (κ2) is 5.54. The van der Waals surface area contributed by atoms with Crippen LogP contribution in [-0.2, 0) is 11.3 Å². The first-order valence-corrected chi connectivity index (χ1v) is 6.36. The Bertz CT molecular complexity index is 312. The number of rotatable bonds is 6. The lowest BCUT2D eigenvalue weighted by atomic mass is 10.2. The quantitative estimate of drug-likeness (QED) is 0.457. The highest BCUT2D eigenvalue weighted by Crippen LogP contribution is 2.29. The molecule has 0 aromatic heterocycles. The number of thioether (sulfide) groups is 1. The highest BCUT2D eigenvalue weighted by Gasteiger charge is 2.20. The molecular weight excluding hydrogens is 206 g/mol. The molecule has 1 aromatic rings.